The van der Waals surface area contributed by atoms with Crippen LogP contribution in [0.5, 0.6) is 0 Å². The van der Waals surface area contributed by atoms with Crippen molar-refractivity contribution in [2.45, 2.75) is 58.0 Å². The van der Waals surface area contributed by atoms with Crippen molar-refractivity contribution in [2.75, 3.05) is 13.7 Å². The van der Waals surface area contributed by atoms with Crippen LogP contribution in [0.25, 0.3) is 0 Å². The Morgan fingerprint density at radius 2 is 2.22 bits per heavy atom. The third-order valence-corrected chi connectivity index (χ3v) is 4.59. The van der Waals surface area contributed by atoms with Crippen molar-refractivity contribution in [3.05, 3.63) is 17.0 Å². The lowest BCUT2D eigenvalue weighted by atomic mass is 9.99. The molecule has 4 nitrogen and oxygen atoms in total. The van der Waals surface area contributed by atoms with E-state index in [0.29, 0.717) is 6.04 Å². The van der Waals surface area contributed by atoms with Crippen molar-refractivity contribution in [3.63, 3.8) is 0 Å². The molecule has 0 spiro atoms. The monoisotopic (exact) mass is 251 g/mol. The largest absolute Gasteiger partial charge is 0.394 e. The number of aliphatic hydroxyl groups is 1. The van der Waals surface area contributed by atoms with Crippen LogP contribution in [0.15, 0.2) is 0 Å². The zero-order valence-corrected chi connectivity index (χ0v) is 12.0. The summed E-state index contributed by atoms with van der Waals surface area (Å²) in [4.78, 5) is 0. The molecular formula is C14H25N3O. The summed E-state index contributed by atoms with van der Waals surface area (Å²) in [6.07, 6.45) is 4.11. The number of aryl methyl sites for hydroxylation is 1. The lowest BCUT2D eigenvalue weighted by Gasteiger charge is -2.26. The van der Waals surface area contributed by atoms with Gasteiger partial charge < -0.3 is 10.4 Å². The Hall–Kier alpha value is -0.870. The van der Waals surface area contributed by atoms with Gasteiger partial charge in [0.15, 0.2) is 0 Å². The quantitative estimate of drug-likeness (QED) is 0.857. The molecule has 2 atom stereocenters. The third kappa shape index (κ3) is 2.08. The van der Waals surface area contributed by atoms with Gasteiger partial charge in [0.25, 0.3) is 0 Å². The first-order chi connectivity index (χ1) is 8.56. The summed E-state index contributed by atoms with van der Waals surface area (Å²) in [7, 11) is 1.94. The number of aromatic nitrogens is 2. The second-order valence-corrected chi connectivity index (χ2v) is 5.53. The smallest absolute Gasteiger partial charge is 0.0628 e. The Morgan fingerprint density at radius 3 is 2.67 bits per heavy atom. The van der Waals surface area contributed by atoms with Crippen LogP contribution in [-0.4, -0.2) is 34.1 Å². The molecule has 0 aliphatic heterocycles. The summed E-state index contributed by atoms with van der Waals surface area (Å²) in [6, 6.07) is 0.420. The van der Waals surface area contributed by atoms with E-state index in [1.807, 2.05) is 7.05 Å². The van der Waals surface area contributed by atoms with Crippen LogP contribution in [-0.2, 0) is 6.42 Å². The summed E-state index contributed by atoms with van der Waals surface area (Å²) < 4.78 is 2.18. The number of aliphatic hydroxyl groups excluding tert-OH is 1. The molecular weight excluding hydrogens is 226 g/mol. The fourth-order valence-corrected chi connectivity index (χ4v) is 3.32. The van der Waals surface area contributed by atoms with Gasteiger partial charge in [0.1, 0.15) is 0 Å². The molecule has 1 aromatic rings. The Bertz CT molecular complexity index is 421. The topological polar surface area (TPSA) is 50.1 Å². The second-order valence-electron chi connectivity index (χ2n) is 5.53. The van der Waals surface area contributed by atoms with Crippen molar-refractivity contribution in [1.82, 2.24) is 15.1 Å². The number of hydrogen-bond donors (Lipinski definition) is 2. The van der Waals surface area contributed by atoms with Crippen LogP contribution in [0.4, 0.5) is 0 Å². The lowest BCUT2D eigenvalue weighted by molar-refractivity contribution is 0.168. The van der Waals surface area contributed by atoms with Gasteiger partial charge in [-0.2, -0.15) is 5.10 Å². The van der Waals surface area contributed by atoms with E-state index in [4.69, 9.17) is 5.10 Å². The maximum Gasteiger partial charge on any atom is 0.0628 e. The molecule has 0 aromatic carbocycles. The predicted molar refractivity (Wildman–Crippen MR) is 72.8 cm³/mol. The average molecular weight is 251 g/mol. The maximum absolute atomic E-state index is 9.56. The van der Waals surface area contributed by atoms with Crippen LogP contribution in [0.3, 0.4) is 0 Å². The van der Waals surface area contributed by atoms with Crippen LogP contribution >= 0.6 is 0 Å². The number of nitrogens with zero attached hydrogens (tertiary/aromatic N) is 2. The summed E-state index contributed by atoms with van der Waals surface area (Å²) in [5.41, 5.74) is 3.72. The molecule has 1 aromatic heterocycles. The standard InChI is InChI=1S/C14H25N3O/c1-5-13-10(2)16-17(11(13)3)12-6-7-14(8-12,9-18)15-4/h12,15,18H,5-9H2,1-4H3. The van der Waals surface area contributed by atoms with E-state index in [-0.39, 0.29) is 12.1 Å². The van der Waals surface area contributed by atoms with Crippen molar-refractivity contribution in [2.24, 2.45) is 0 Å². The molecule has 102 valence electrons. The molecule has 0 radical (unpaired) electrons. The molecule has 1 aliphatic rings. The highest BCUT2D eigenvalue weighted by molar-refractivity contribution is 5.25. The first-order valence-electron chi connectivity index (χ1n) is 6.91. The maximum atomic E-state index is 9.56. The van der Waals surface area contributed by atoms with Gasteiger partial charge in [-0.15, -0.1) is 0 Å². The van der Waals surface area contributed by atoms with Gasteiger partial charge in [0, 0.05) is 11.2 Å². The van der Waals surface area contributed by atoms with Gasteiger partial charge >= 0.3 is 0 Å². The predicted octanol–water partition coefficient (Wildman–Crippen LogP) is 1.74. The highest BCUT2D eigenvalue weighted by Gasteiger charge is 2.39. The molecule has 0 saturated heterocycles. The fourth-order valence-electron chi connectivity index (χ4n) is 3.32. The molecule has 1 aliphatic carbocycles. The zero-order chi connectivity index (χ0) is 13.3. The van der Waals surface area contributed by atoms with E-state index < -0.39 is 0 Å². The normalized spacial score (nSPS) is 27.9. The second kappa shape index (κ2) is 5.02. The van der Waals surface area contributed by atoms with Gasteiger partial charge in [-0.05, 0) is 52.1 Å². The molecule has 1 saturated carbocycles. The average Bonchev–Trinajstić information content (AvgIpc) is 2.92. The minimum Gasteiger partial charge on any atom is -0.394 e. The van der Waals surface area contributed by atoms with Crippen LogP contribution < -0.4 is 5.32 Å². The molecule has 2 N–H and O–H groups in total. The number of likely N-dealkylation sites (N-methyl/N-ethyl adjacent to an activating group) is 1. The van der Waals surface area contributed by atoms with E-state index >= 15 is 0 Å². The van der Waals surface area contributed by atoms with Crippen molar-refractivity contribution in [3.8, 4) is 0 Å². The van der Waals surface area contributed by atoms with Crippen LogP contribution in [0.2, 0.25) is 0 Å². The highest BCUT2D eigenvalue weighted by atomic mass is 16.3. The fraction of sp³-hybridized carbons (Fsp3) is 0.786. The van der Waals surface area contributed by atoms with Crippen molar-refractivity contribution >= 4 is 0 Å². The third-order valence-electron chi connectivity index (χ3n) is 4.59. The van der Waals surface area contributed by atoms with E-state index in [9.17, 15) is 5.11 Å². The minimum absolute atomic E-state index is 0.108. The molecule has 2 rings (SSSR count). The summed E-state index contributed by atoms with van der Waals surface area (Å²) >= 11 is 0. The van der Waals surface area contributed by atoms with Gasteiger partial charge in [-0.1, -0.05) is 6.92 Å². The molecule has 2 unspecified atom stereocenters. The molecule has 1 heterocycles. The van der Waals surface area contributed by atoms with E-state index in [1.165, 1.54) is 11.3 Å². The van der Waals surface area contributed by atoms with Crippen LogP contribution in [0.1, 0.15) is 49.2 Å². The van der Waals surface area contributed by atoms with E-state index in [2.05, 4.69) is 30.8 Å². The first-order valence-corrected chi connectivity index (χ1v) is 6.91. The van der Waals surface area contributed by atoms with Gasteiger partial charge in [-0.3, -0.25) is 4.68 Å². The molecule has 0 bridgehead atoms. The lowest BCUT2D eigenvalue weighted by Crippen LogP contribution is -2.44. The van der Waals surface area contributed by atoms with Crippen LogP contribution in [0, 0.1) is 13.8 Å². The Balaban J connectivity index is 2.24. The SMILES string of the molecule is CCc1c(C)nn(C2CCC(CO)(NC)C2)c1C. The zero-order valence-electron chi connectivity index (χ0n) is 12.0. The molecule has 0 amide bonds. The number of rotatable bonds is 4. The van der Waals surface area contributed by atoms with Gasteiger partial charge in [0.05, 0.1) is 18.3 Å². The summed E-state index contributed by atoms with van der Waals surface area (Å²) in [5, 5.41) is 17.6. The van der Waals surface area contributed by atoms with E-state index in [1.54, 1.807) is 0 Å². The van der Waals surface area contributed by atoms with Gasteiger partial charge in [-0.25, -0.2) is 0 Å². The van der Waals surface area contributed by atoms with Crippen molar-refractivity contribution < 1.29 is 5.11 Å². The molecule has 1 fully saturated rings. The Kier molecular flexibility index (Phi) is 3.78. The number of hydrogen-bond acceptors (Lipinski definition) is 3. The summed E-state index contributed by atoms with van der Waals surface area (Å²) in [6.45, 7) is 6.65. The van der Waals surface area contributed by atoms with E-state index in [0.717, 1.165) is 31.4 Å². The van der Waals surface area contributed by atoms with Crippen molar-refractivity contribution in [1.29, 1.82) is 0 Å². The Morgan fingerprint density at radius 1 is 1.50 bits per heavy atom. The highest BCUT2D eigenvalue weighted by Crippen LogP contribution is 2.38. The number of nitrogens with one attached hydrogen (secondary N) is 1. The molecule has 18 heavy (non-hydrogen) atoms. The molecule has 4 heteroatoms. The summed E-state index contributed by atoms with van der Waals surface area (Å²) in [5.74, 6) is 0. The Labute approximate surface area is 109 Å². The minimum atomic E-state index is -0.108. The van der Waals surface area contributed by atoms with Gasteiger partial charge in [0.2, 0.25) is 0 Å². The first kappa shape index (κ1) is 13.6.